The summed E-state index contributed by atoms with van der Waals surface area (Å²) in [6.07, 6.45) is 1.78. The standard InChI is InChI=1S/C14H20N2O3.ClH/c15-9-12-5-6-13(19-12)14(18)16-11-3-1-10(2-4-11)7-8-17;/h1-4,12-13,17H,5-9,15H2,(H,16,18);1H/t12-,13+;/m1./s1. The van der Waals surface area contributed by atoms with Gasteiger partial charge in [-0.05, 0) is 37.0 Å². The van der Waals surface area contributed by atoms with Crippen molar-refractivity contribution in [1.29, 1.82) is 0 Å². The lowest BCUT2D eigenvalue weighted by Gasteiger charge is -2.13. The maximum Gasteiger partial charge on any atom is 0.253 e. The van der Waals surface area contributed by atoms with Crippen LogP contribution < -0.4 is 11.1 Å². The molecule has 2 atom stereocenters. The third-order valence-corrected chi connectivity index (χ3v) is 3.28. The van der Waals surface area contributed by atoms with Gasteiger partial charge >= 0.3 is 0 Å². The van der Waals surface area contributed by atoms with Crippen molar-refractivity contribution >= 4 is 24.0 Å². The highest BCUT2D eigenvalue weighted by molar-refractivity contribution is 5.94. The Balaban J connectivity index is 0.00000200. The van der Waals surface area contributed by atoms with E-state index in [4.69, 9.17) is 15.6 Å². The molecule has 1 aromatic carbocycles. The summed E-state index contributed by atoms with van der Waals surface area (Å²) in [7, 11) is 0. The zero-order chi connectivity index (χ0) is 13.7. The second-order valence-electron chi connectivity index (χ2n) is 4.72. The molecule has 5 nitrogen and oxygen atoms in total. The van der Waals surface area contributed by atoms with Crippen molar-refractivity contribution in [2.75, 3.05) is 18.5 Å². The molecule has 1 aromatic rings. The van der Waals surface area contributed by atoms with Gasteiger partial charge < -0.3 is 20.9 Å². The number of anilines is 1. The van der Waals surface area contributed by atoms with Gasteiger partial charge in [0.1, 0.15) is 6.10 Å². The SMILES string of the molecule is Cl.NC[C@H]1CC[C@@H](C(=O)Nc2ccc(CCO)cc2)O1. The van der Waals surface area contributed by atoms with Gasteiger partial charge in [0, 0.05) is 18.8 Å². The molecule has 2 rings (SSSR count). The Labute approximate surface area is 124 Å². The Hall–Kier alpha value is -1.14. The molecule has 112 valence electrons. The van der Waals surface area contributed by atoms with Crippen LogP contribution in [0.2, 0.25) is 0 Å². The van der Waals surface area contributed by atoms with Crippen LogP contribution in [0.25, 0.3) is 0 Å². The van der Waals surface area contributed by atoms with E-state index in [0.29, 0.717) is 13.0 Å². The number of nitrogens with two attached hydrogens (primary N) is 1. The van der Waals surface area contributed by atoms with Gasteiger partial charge in [0.15, 0.2) is 0 Å². The Morgan fingerprint density at radius 1 is 1.35 bits per heavy atom. The largest absolute Gasteiger partial charge is 0.396 e. The molecular formula is C14H21ClN2O3. The van der Waals surface area contributed by atoms with Crippen molar-refractivity contribution in [2.24, 2.45) is 5.73 Å². The number of rotatable bonds is 5. The first-order valence-corrected chi connectivity index (χ1v) is 6.59. The fourth-order valence-electron chi connectivity index (χ4n) is 2.18. The van der Waals surface area contributed by atoms with Crippen LogP contribution in [0.3, 0.4) is 0 Å². The average molecular weight is 301 g/mol. The third-order valence-electron chi connectivity index (χ3n) is 3.28. The fraction of sp³-hybridized carbons (Fsp3) is 0.500. The van der Waals surface area contributed by atoms with Crippen LogP contribution in [-0.2, 0) is 16.0 Å². The van der Waals surface area contributed by atoms with Gasteiger partial charge in [-0.25, -0.2) is 0 Å². The lowest BCUT2D eigenvalue weighted by molar-refractivity contribution is -0.126. The molecular weight excluding hydrogens is 280 g/mol. The Morgan fingerprint density at radius 3 is 2.60 bits per heavy atom. The van der Waals surface area contributed by atoms with Gasteiger partial charge in [0.05, 0.1) is 6.10 Å². The van der Waals surface area contributed by atoms with E-state index in [0.717, 1.165) is 24.1 Å². The number of carbonyl (C=O) groups is 1. The van der Waals surface area contributed by atoms with E-state index in [9.17, 15) is 4.79 Å². The lowest BCUT2D eigenvalue weighted by Crippen LogP contribution is -2.29. The lowest BCUT2D eigenvalue weighted by atomic mass is 10.1. The van der Waals surface area contributed by atoms with E-state index >= 15 is 0 Å². The highest BCUT2D eigenvalue weighted by Gasteiger charge is 2.29. The average Bonchev–Trinajstić information content (AvgIpc) is 2.90. The summed E-state index contributed by atoms with van der Waals surface area (Å²) in [5.41, 5.74) is 7.30. The minimum Gasteiger partial charge on any atom is -0.396 e. The van der Waals surface area contributed by atoms with Crippen molar-refractivity contribution in [3.05, 3.63) is 29.8 Å². The fourth-order valence-corrected chi connectivity index (χ4v) is 2.18. The molecule has 20 heavy (non-hydrogen) atoms. The number of halogens is 1. The first-order valence-electron chi connectivity index (χ1n) is 6.59. The van der Waals surface area contributed by atoms with Crippen molar-refractivity contribution < 1.29 is 14.6 Å². The Bertz CT molecular complexity index is 425. The number of hydrogen-bond acceptors (Lipinski definition) is 4. The van der Waals surface area contributed by atoms with Crippen molar-refractivity contribution in [3.8, 4) is 0 Å². The van der Waals surface area contributed by atoms with Crippen molar-refractivity contribution in [1.82, 2.24) is 0 Å². The van der Waals surface area contributed by atoms with E-state index in [1.807, 2.05) is 24.3 Å². The third kappa shape index (κ3) is 4.45. The van der Waals surface area contributed by atoms with Gasteiger partial charge in [0.2, 0.25) is 0 Å². The molecule has 0 unspecified atom stereocenters. The number of aliphatic hydroxyl groups is 1. The normalized spacial score (nSPS) is 21.3. The van der Waals surface area contributed by atoms with Crippen LogP contribution in [0.1, 0.15) is 18.4 Å². The van der Waals surface area contributed by atoms with E-state index in [2.05, 4.69) is 5.32 Å². The van der Waals surface area contributed by atoms with E-state index < -0.39 is 6.10 Å². The number of benzene rings is 1. The summed E-state index contributed by atoms with van der Waals surface area (Å²) in [5, 5.41) is 11.7. The van der Waals surface area contributed by atoms with Crippen LogP contribution in [0.4, 0.5) is 5.69 Å². The maximum absolute atomic E-state index is 12.0. The summed E-state index contributed by atoms with van der Waals surface area (Å²) in [5.74, 6) is -0.120. The minimum atomic E-state index is -0.398. The monoisotopic (exact) mass is 300 g/mol. The quantitative estimate of drug-likeness (QED) is 0.760. The van der Waals surface area contributed by atoms with E-state index in [1.165, 1.54) is 0 Å². The van der Waals surface area contributed by atoms with Crippen LogP contribution in [0.15, 0.2) is 24.3 Å². The molecule has 4 N–H and O–H groups in total. The van der Waals surface area contributed by atoms with Gasteiger partial charge in [-0.3, -0.25) is 4.79 Å². The van der Waals surface area contributed by atoms with E-state index in [1.54, 1.807) is 0 Å². The summed E-state index contributed by atoms with van der Waals surface area (Å²) in [6.45, 7) is 0.585. The molecule has 0 aromatic heterocycles. The zero-order valence-electron chi connectivity index (χ0n) is 11.2. The number of nitrogens with one attached hydrogen (secondary N) is 1. The predicted octanol–water partition coefficient (Wildman–Crippen LogP) is 1.09. The van der Waals surface area contributed by atoms with Gasteiger partial charge in [0.25, 0.3) is 5.91 Å². The molecule has 0 spiro atoms. The topological polar surface area (TPSA) is 84.6 Å². The zero-order valence-corrected chi connectivity index (χ0v) is 12.1. The van der Waals surface area contributed by atoms with Crippen LogP contribution in [0, 0.1) is 0 Å². The van der Waals surface area contributed by atoms with Crippen molar-refractivity contribution in [3.63, 3.8) is 0 Å². The first-order chi connectivity index (χ1) is 9.22. The van der Waals surface area contributed by atoms with Crippen LogP contribution in [-0.4, -0.2) is 36.4 Å². The number of aliphatic hydroxyl groups excluding tert-OH is 1. The Morgan fingerprint density at radius 2 is 2.05 bits per heavy atom. The molecule has 1 amide bonds. The van der Waals surface area contributed by atoms with Gasteiger partial charge in [-0.15, -0.1) is 12.4 Å². The molecule has 6 heteroatoms. The first kappa shape index (κ1) is 16.9. The number of amides is 1. The highest BCUT2D eigenvalue weighted by Crippen LogP contribution is 2.20. The molecule has 0 aliphatic carbocycles. The summed E-state index contributed by atoms with van der Waals surface area (Å²) >= 11 is 0. The van der Waals surface area contributed by atoms with Gasteiger partial charge in [-0.1, -0.05) is 12.1 Å². The summed E-state index contributed by atoms with van der Waals surface area (Å²) in [4.78, 5) is 12.0. The molecule has 0 radical (unpaired) electrons. The van der Waals surface area contributed by atoms with Crippen molar-refractivity contribution in [2.45, 2.75) is 31.5 Å². The van der Waals surface area contributed by atoms with Crippen LogP contribution >= 0.6 is 12.4 Å². The predicted molar refractivity (Wildman–Crippen MR) is 80.1 cm³/mol. The molecule has 1 aliphatic heterocycles. The second kappa shape index (κ2) is 8.21. The van der Waals surface area contributed by atoms with Crippen LogP contribution in [0.5, 0.6) is 0 Å². The highest BCUT2D eigenvalue weighted by atomic mass is 35.5. The Kier molecular flexibility index (Phi) is 6.95. The molecule has 1 aliphatic rings. The van der Waals surface area contributed by atoms with Gasteiger partial charge in [-0.2, -0.15) is 0 Å². The molecule has 1 fully saturated rings. The summed E-state index contributed by atoms with van der Waals surface area (Å²) < 4.78 is 5.54. The summed E-state index contributed by atoms with van der Waals surface area (Å²) in [6, 6.07) is 7.45. The van der Waals surface area contributed by atoms with E-state index in [-0.39, 0.29) is 31.0 Å². The smallest absolute Gasteiger partial charge is 0.253 e. The number of hydrogen-bond donors (Lipinski definition) is 3. The molecule has 0 bridgehead atoms. The second-order valence-corrected chi connectivity index (χ2v) is 4.72. The molecule has 1 heterocycles. The molecule has 1 saturated heterocycles. The molecule has 0 saturated carbocycles. The number of ether oxygens (including phenoxy) is 1. The minimum absolute atomic E-state index is 0. The number of carbonyl (C=O) groups excluding carboxylic acids is 1. The maximum atomic E-state index is 12.0.